The van der Waals surface area contributed by atoms with E-state index in [1.165, 1.54) is 17.7 Å². The largest absolute Gasteiger partial charge is 0.357 e. The molecule has 2 aromatic carbocycles. The van der Waals surface area contributed by atoms with Crippen LogP contribution in [0.5, 0.6) is 0 Å². The Balaban J connectivity index is 1.38. The maximum Gasteiger partial charge on any atom is 0.187 e. The van der Waals surface area contributed by atoms with Gasteiger partial charge in [-0.05, 0) is 29.9 Å². The van der Waals surface area contributed by atoms with E-state index in [0.717, 1.165) is 43.8 Å². The molecule has 0 unspecified atom stereocenters. The maximum atomic E-state index is 12.9. The highest BCUT2D eigenvalue weighted by Crippen LogP contribution is 2.02. The van der Waals surface area contributed by atoms with Crippen molar-refractivity contribution in [2.75, 3.05) is 13.1 Å². The smallest absolute Gasteiger partial charge is 0.187 e. The highest BCUT2D eigenvalue weighted by molar-refractivity contribution is 7.80. The van der Waals surface area contributed by atoms with Gasteiger partial charge in [-0.2, -0.15) is 5.10 Å². The van der Waals surface area contributed by atoms with Crippen molar-refractivity contribution in [2.24, 2.45) is 5.10 Å². The highest BCUT2D eigenvalue weighted by Gasteiger charge is 2.18. The van der Waals surface area contributed by atoms with Gasteiger partial charge in [-0.15, -0.1) is 0 Å². The molecule has 0 saturated carbocycles. The number of halogens is 1. The van der Waals surface area contributed by atoms with Gasteiger partial charge < -0.3 is 10.2 Å². The first kappa shape index (κ1) is 18.5. The topological polar surface area (TPSA) is 40.9 Å². The summed E-state index contributed by atoms with van der Waals surface area (Å²) in [7, 11) is 0. The molecule has 0 bridgehead atoms. The lowest BCUT2D eigenvalue weighted by Crippen LogP contribution is -3.11. The second-order valence-electron chi connectivity index (χ2n) is 6.51. The lowest BCUT2D eigenvalue weighted by molar-refractivity contribution is -0.914. The molecule has 0 aliphatic carbocycles. The first-order valence-corrected chi connectivity index (χ1v) is 9.31. The molecule has 0 aromatic heterocycles. The van der Waals surface area contributed by atoms with Crippen molar-refractivity contribution in [3.8, 4) is 0 Å². The van der Waals surface area contributed by atoms with Crippen LogP contribution in [0.15, 0.2) is 59.7 Å². The molecule has 0 amide bonds. The summed E-state index contributed by atoms with van der Waals surface area (Å²) in [4.78, 5) is 1.59. The Bertz CT molecular complexity index is 736. The van der Waals surface area contributed by atoms with Crippen LogP contribution in [0.3, 0.4) is 0 Å². The van der Waals surface area contributed by atoms with E-state index in [-0.39, 0.29) is 5.82 Å². The molecule has 2 aromatic rings. The molecule has 0 atom stereocenters. The third-order valence-electron chi connectivity index (χ3n) is 4.51. The van der Waals surface area contributed by atoms with Crippen molar-refractivity contribution in [1.82, 2.24) is 10.7 Å². The fourth-order valence-electron chi connectivity index (χ4n) is 3.02. The van der Waals surface area contributed by atoms with Crippen molar-refractivity contribution in [2.45, 2.75) is 25.9 Å². The van der Waals surface area contributed by atoms with Gasteiger partial charge in [0.15, 0.2) is 5.11 Å². The lowest BCUT2D eigenvalue weighted by atomic mass is 10.1. The molecular weight excluding hydrogens is 347 g/mol. The summed E-state index contributed by atoms with van der Waals surface area (Å²) in [6.45, 7) is 3.79. The third kappa shape index (κ3) is 5.89. The summed E-state index contributed by atoms with van der Waals surface area (Å²) in [6, 6.07) is 17.0. The van der Waals surface area contributed by atoms with E-state index >= 15 is 0 Å². The van der Waals surface area contributed by atoms with Crippen LogP contribution in [0.4, 0.5) is 4.39 Å². The number of nitrogens with one attached hydrogen (secondary N) is 3. The second kappa shape index (κ2) is 9.40. The van der Waals surface area contributed by atoms with E-state index in [9.17, 15) is 4.39 Å². The Morgan fingerprint density at radius 2 is 1.69 bits per heavy atom. The number of piperidine rings is 1. The van der Waals surface area contributed by atoms with Crippen LogP contribution in [-0.4, -0.2) is 23.9 Å². The van der Waals surface area contributed by atoms with Crippen molar-refractivity contribution in [3.63, 3.8) is 0 Å². The van der Waals surface area contributed by atoms with Crippen LogP contribution in [0, 0.1) is 5.82 Å². The zero-order valence-corrected chi connectivity index (χ0v) is 15.5. The van der Waals surface area contributed by atoms with Crippen LogP contribution < -0.4 is 15.6 Å². The van der Waals surface area contributed by atoms with E-state index < -0.39 is 0 Å². The molecule has 1 aliphatic rings. The van der Waals surface area contributed by atoms with Crippen LogP contribution in [-0.2, 0) is 13.1 Å². The average Bonchev–Trinajstić information content (AvgIpc) is 2.68. The predicted octanol–water partition coefficient (Wildman–Crippen LogP) is 2.02. The van der Waals surface area contributed by atoms with E-state index in [4.69, 9.17) is 12.2 Å². The fraction of sp³-hybridized carbons (Fsp3) is 0.300. The normalized spacial score (nSPS) is 16.8. The Morgan fingerprint density at radius 3 is 2.38 bits per heavy atom. The molecule has 136 valence electrons. The van der Waals surface area contributed by atoms with Gasteiger partial charge in [-0.25, -0.2) is 4.39 Å². The molecule has 1 fully saturated rings. The molecule has 4 nitrogen and oxygen atoms in total. The quantitative estimate of drug-likeness (QED) is 0.556. The number of likely N-dealkylation sites (tertiary alicyclic amines) is 1. The predicted molar refractivity (Wildman–Crippen MR) is 106 cm³/mol. The summed E-state index contributed by atoms with van der Waals surface area (Å²) in [5, 5.41) is 8.01. The molecule has 1 aliphatic heterocycles. The molecule has 3 N–H and O–H groups in total. The molecule has 0 radical (unpaired) electrons. The van der Waals surface area contributed by atoms with Gasteiger partial charge in [0, 0.05) is 30.7 Å². The Kier molecular flexibility index (Phi) is 6.68. The van der Waals surface area contributed by atoms with Gasteiger partial charge >= 0.3 is 0 Å². The van der Waals surface area contributed by atoms with Gasteiger partial charge in [-0.3, -0.25) is 5.43 Å². The van der Waals surface area contributed by atoms with E-state index in [1.807, 2.05) is 0 Å². The number of nitrogens with zero attached hydrogens (tertiary/aromatic N) is 1. The maximum absolute atomic E-state index is 12.9. The Labute approximate surface area is 159 Å². The summed E-state index contributed by atoms with van der Waals surface area (Å²) >= 11 is 5.25. The first-order valence-electron chi connectivity index (χ1n) is 8.90. The van der Waals surface area contributed by atoms with Crippen LogP contribution >= 0.6 is 12.2 Å². The number of hydrogen-bond acceptors (Lipinski definition) is 2. The first-order chi connectivity index (χ1) is 12.7. The van der Waals surface area contributed by atoms with Crippen molar-refractivity contribution < 1.29 is 9.29 Å². The monoisotopic (exact) mass is 371 g/mol. The third-order valence-corrected chi connectivity index (χ3v) is 4.75. The minimum Gasteiger partial charge on any atom is -0.357 e. The zero-order chi connectivity index (χ0) is 18.2. The second-order valence-corrected chi connectivity index (χ2v) is 6.92. The lowest BCUT2D eigenvalue weighted by Gasteiger charge is -2.24. The van der Waals surface area contributed by atoms with Crippen LogP contribution in [0.2, 0.25) is 0 Å². The van der Waals surface area contributed by atoms with E-state index in [0.29, 0.717) is 11.7 Å². The zero-order valence-electron chi connectivity index (χ0n) is 14.7. The number of quaternary nitrogens is 1. The molecule has 1 saturated heterocycles. The molecule has 3 rings (SSSR count). The van der Waals surface area contributed by atoms with Crippen molar-refractivity contribution in [3.05, 3.63) is 71.5 Å². The fourth-order valence-corrected chi connectivity index (χ4v) is 3.14. The molecule has 6 heteroatoms. The van der Waals surface area contributed by atoms with E-state index in [1.54, 1.807) is 17.0 Å². The molecular formula is C20H24FN4S+. The number of benzene rings is 2. The van der Waals surface area contributed by atoms with Crippen LogP contribution in [0.1, 0.15) is 24.0 Å². The average molecular weight is 372 g/mol. The van der Waals surface area contributed by atoms with Gasteiger partial charge in [0.1, 0.15) is 12.4 Å². The SMILES string of the molecule is Fc1ccc(CNC(=S)NN=C2CC[NH+](Cc3ccccc3)CC2)cc1. The van der Waals surface area contributed by atoms with Crippen LogP contribution in [0.25, 0.3) is 0 Å². The Hall–Kier alpha value is -2.31. The Morgan fingerprint density at radius 1 is 1.00 bits per heavy atom. The number of rotatable bonds is 5. The van der Waals surface area contributed by atoms with Crippen molar-refractivity contribution in [1.29, 1.82) is 0 Å². The number of hydrazone groups is 1. The summed E-state index contributed by atoms with van der Waals surface area (Å²) in [6.07, 6.45) is 1.96. The van der Waals surface area contributed by atoms with Gasteiger partial charge in [0.2, 0.25) is 0 Å². The van der Waals surface area contributed by atoms with E-state index in [2.05, 4.69) is 46.2 Å². The number of hydrogen-bond donors (Lipinski definition) is 3. The molecule has 0 spiro atoms. The molecule has 26 heavy (non-hydrogen) atoms. The van der Waals surface area contributed by atoms with Crippen molar-refractivity contribution >= 4 is 23.0 Å². The highest BCUT2D eigenvalue weighted by atomic mass is 32.1. The standard InChI is InChI=1S/C20H23FN4S/c21-18-8-6-16(7-9-18)14-22-20(26)24-23-19-10-12-25(13-11-19)15-17-4-2-1-3-5-17/h1-9H,10-15H2,(H2,22,24,26)/p+1. The summed E-state index contributed by atoms with van der Waals surface area (Å²) < 4.78 is 12.9. The minimum atomic E-state index is -0.235. The minimum absolute atomic E-state index is 0.235. The van der Waals surface area contributed by atoms with Gasteiger partial charge in [0.05, 0.1) is 13.1 Å². The summed E-state index contributed by atoms with van der Waals surface area (Å²) in [5.74, 6) is -0.235. The van der Waals surface area contributed by atoms with Gasteiger partial charge in [0.25, 0.3) is 0 Å². The molecule has 1 heterocycles. The number of thiocarbonyl (C=S) groups is 1. The summed E-state index contributed by atoms with van der Waals surface area (Å²) in [5.41, 5.74) is 6.44. The van der Waals surface area contributed by atoms with Gasteiger partial charge in [-0.1, -0.05) is 42.5 Å².